The summed E-state index contributed by atoms with van der Waals surface area (Å²) >= 11 is 0. The van der Waals surface area contributed by atoms with Gasteiger partial charge in [0.1, 0.15) is 5.75 Å². The quantitative estimate of drug-likeness (QED) is 0.684. The highest BCUT2D eigenvalue weighted by molar-refractivity contribution is 5.31. The third-order valence-corrected chi connectivity index (χ3v) is 2.52. The molecule has 1 aromatic heterocycles. The molecule has 1 rings (SSSR count). The van der Waals surface area contributed by atoms with Gasteiger partial charge in [0.05, 0.1) is 6.61 Å². The summed E-state index contributed by atoms with van der Waals surface area (Å²) in [4.78, 5) is 3.75. The van der Waals surface area contributed by atoms with Crippen molar-refractivity contribution in [3.63, 3.8) is 0 Å². The number of rotatable bonds is 8. The van der Waals surface area contributed by atoms with Crippen LogP contribution >= 0.6 is 0 Å². The lowest BCUT2D eigenvalue weighted by Crippen LogP contribution is -1.98. The van der Waals surface area contributed by atoms with Crippen molar-refractivity contribution in [2.75, 3.05) is 6.61 Å². The van der Waals surface area contributed by atoms with E-state index in [1.165, 1.54) is 37.8 Å². The van der Waals surface area contributed by atoms with Gasteiger partial charge in [0, 0.05) is 12.1 Å². The summed E-state index contributed by atoms with van der Waals surface area (Å²) in [6.45, 7) is 2.77. The van der Waals surface area contributed by atoms with Crippen LogP contribution in [0.25, 0.3) is 0 Å². The van der Waals surface area contributed by atoms with Crippen molar-refractivity contribution in [3.8, 4) is 17.5 Å². The lowest BCUT2D eigenvalue weighted by Gasteiger charge is -2.05. The molecule has 0 saturated carbocycles. The van der Waals surface area contributed by atoms with E-state index in [0.29, 0.717) is 6.61 Å². The molecule has 0 amide bonds. The number of aromatic nitrogens is 1. The lowest BCUT2D eigenvalue weighted by atomic mass is 10.1. The zero-order valence-corrected chi connectivity index (χ0v) is 10.4. The Bertz CT molecular complexity index is 308. The summed E-state index contributed by atoms with van der Waals surface area (Å²) in [5, 5.41) is 18.4. The second kappa shape index (κ2) is 7.76. The molecule has 0 aliphatic rings. The van der Waals surface area contributed by atoms with Gasteiger partial charge in [0.25, 0.3) is 0 Å². The third kappa shape index (κ3) is 6.00. The largest absolute Gasteiger partial charge is 0.508 e. The van der Waals surface area contributed by atoms with Crippen LogP contribution < -0.4 is 4.74 Å². The molecule has 0 aliphatic carbocycles. The minimum Gasteiger partial charge on any atom is -0.508 e. The van der Waals surface area contributed by atoms with Crippen LogP contribution in [0.2, 0.25) is 0 Å². The van der Waals surface area contributed by atoms with Crippen LogP contribution in [0, 0.1) is 0 Å². The Labute approximate surface area is 102 Å². The second-order valence-corrected chi connectivity index (χ2v) is 4.14. The Hall–Kier alpha value is -1.45. The summed E-state index contributed by atoms with van der Waals surface area (Å²) in [6.07, 6.45) is 7.18. The standard InChI is InChI=1S/C13H21NO3/c1-2-3-4-5-6-7-8-17-13-10-11(15)9-12(16)14-13/h9-10H,2-8H2,1H3,(H2,14,15,16). The van der Waals surface area contributed by atoms with Crippen molar-refractivity contribution < 1.29 is 14.9 Å². The molecule has 0 fully saturated rings. The molecule has 0 aliphatic heterocycles. The van der Waals surface area contributed by atoms with Gasteiger partial charge in [-0.1, -0.05) is 39.0 Å². The summed E-state index contributed by atoms with van der Waals surface area (Å²) in [5.74, 6) is 0.0226. The van der Waals surface area contributed by atoms with Crippen LogP contribution in [0.5, 0.6) is 17.5 Å². The zero-order chi connectivity index (χ0) is 12.5. The molecule has 0 unspecified atom stereocenters. The fraction of sp³-hybridized carbons (Fsp3) is 0.615. The predicted molar refractivity (Wildman–Crippen MR) is 66.4 cm³/mol. The van der Waals surface area contributed by atoms with Gasteiger partial charge < -0.3 is 14.9 Å². The smallest absolute Gasteiger partial charge is 0.220 e. The van der Waals surface area contributed by atoms with Crippen molar-refractivity contribution >= 4 is 0 Å². The van der Waals surface area contributed by atoms with Gasteiger partial charge in [-0.05, 0) is 6.42 Å². The topological polar surface area (TPSA) is 62.6 Å². The maximum absolute atomic E-state index is 9.21. The van der Waals surface area contributed by atoms with Gasteiger partial charge in [0.2, 0.25) is 11.8 Å². The van der Waals surface area contributed by atoms with E-state index < -0.39 is 0 Å². The van der Waals surface area contributed by atoms with E-state index in [0.717, 1.165) is 12.8 Å². The van der Waals surface area contributed by atoms with Crippen molar-refractivity contribution in [1.29, 1.82) is 0 Å². The minimum atomic E-state index is -0.219. The number of nitrogens with zero attached hydrogens (tertiary/aromatic N) is 1. The average Bonchev–Trinajstić information content (AvgIpc) is 2.26. The third-order valence-electron chi connectivity index (χ3n) is 2.52. The van der Waals surface area contributed by atoms with Crippen LogP contribution in [-0.4, -0.2) is 21.8 Å². The maximum Gasteiger partial charge on any atom is 0.220 e. The molecule has 17 heavy (non-hydrogen) atoms. The zero-order valence-electron chi connectivity index (χ0n) is 10.4. The molecular weight excluding hydrogens is 218 g/mol. The van der Waals surface area contributed by atoms with Crippen LogP contribution in [0.3, 0.4) is 0 Å². The molecule has 4 nitrogen and oxygen atoms in total. The Morgan fingerprint density at radius 2 is 1.76 bits per heavy atom. The van der Waals surface area contributed by atoms with E-state index in [2.05, 4.69) is 11.9 Å². The molecule has 0 spiro atoms. The lowest BCUT2D eigenvalue weighted by molar-refractivity contribution is 0.286. The van der Waals surface area contributed by atoms with Crippen LogP contribution in [0.4, 0.5) is 0 Å². The van der Waals surface area contributed by atoms with Gasteiger partial charge in [-0.2, -0.15) is 4.98 Å². The number of pyridine rings is 1. The first-order valence-electron chi connectivity index (χ1n) is 6.25. The highest BCUT2D eigenvalue weighted by Crippen LogP contribution is 2.21. The van der Waals surface area contributed by atoms with Crippen LogP contribution in [0.1, 0.15) is 45.4 Å². The Morgan fingerprint density at radius 1 is 1.06 bits per heavy atom. The normalized spacial score (nSPS) is 10.4. The molecule has 2 N–H and O–H groups in total. The first kappa shape index (κ1) is 13.6. The van der Waals surface area contributed by atoms with Gasteiger partial charge in [-0.25, -0.2) is 0 Å². The molecule has 1 aromatic rings. The van der Waals surface area contributed by atoms with Crippen molar-refractivity contribution in [1.82, 2.24) is 4.98 Å². The van der Waals surface area contributed by atoms with Crippen LogP contribution in [-0.2, 0) is 0 Å². The number of hydrogen-bond acceptors (Lipinski definition) is 4. The number of unbranched alkanes of at least 4 members (excludes halogenated alkanes) is 5. The van der Waals surface area contributed by atoms with E-state index in [9.17, 15) is 5.11 Å². The average molecular weight is 239 g/mol. The Morgan fingerprint density at radius 3 is 2.47 bits per heavy atom. The number of ether oxygens (including phenoxy) is 1. The molecule has 0 saturated heterocycles. The molecule has 4 heteroatoms. The van der Waals surface area contributed by atoms with Crippen molar-refractivity contribution in [2.24, 2.45) is 0 Å². The van der Waals surface area contributed by atoms with E-state index in [-0.39, 0.29) is 17.5 Å². The molecule has 96 valence electrons. The van der Waals surface area contributed by atoms with Gasteiger partial charge >= 0.3 is 0 Å². The molecule has 0 aromatic carbocycles. The molecular formula is C13H21NO3. The first-order valence-corrected chi connectivity index (χ1v) is 6.25. The van der Waals surface area contributed by atoms with E-state index in [1.807, 2.05) is 0 Å². The van der Waals surface area contributed by atoms with E-state index in [1.54, 1.807) is 0 Å². The number of hydrogen-bond donors (Lipinski definition) is 2. The monoisotopic (exact) mass is 239 g/mol. The van der Waals surface area contributed by atoms with Gasteiger partial charge in [-0.15, -0.1) is 0 Å². The number of aromatic hydroxyl groups is 2. The van der Waals surface area contributed by atoms with E-state index in [4.69, 9.17) is 9.84 Å². The molecule has 0 bridgehead atoms. The Balaban J connectivity index is 2.13. The van der Waals surface area contributed by atoms with Gasteiger partial charge in [-0.3, -0.25) is 0 Å². The summed E-state index contributed by atoms with van der Waals surface area (Å²) in [7, 11) is 0. The van der Waals surface area contributed by atoms with Crippen molar-refractivity contribution in [3.05, 3.63) is 12.1 Å². The maximum atomic E-state index is 9.21. The summed E-state index contributed by atoms with van der Waals surface area (Å²) in [6, 6.07) is 2.58. The minimum absolute atomic E-state index is 0.0320. The predicted octanol–water partition coefficient (Wildman–Crippen LogP) is 3.23. The highest BCUT2D eigenvalue weighted by Gasteiger charge is 2.01. The highest BCUT2D eigenvalue weighted by atomic mass is 16.5. The molecule has 0 radical (unpaired) electrons. The molecule has 0 atom stereocenters. The summed E-state index contributed by atoms with van der Waals surface area (Å²) in [5.41, 5.74) is 0. The Kier molecular flexibility index (Phi) is 6.22. The van der Waals surface area contributed by atoms with Gasteiger partial charge in [0.15, 0.2) is 0 Å². The fourth-order valence-electron chi connectivity index (χ4n) is 1.61. The first-order chi connectivity index (χ1) is 8.22. The SMILES string of the molecule is CCCCCCCCOc1cc(O)cc(O)n1. The van der Waals surface area contributed by atoms with Crippen molar-refractivity contribution in [2.45, 2.75) is 45.4 Å². The van der Waals surface area contributed by atoms with E-state index >= 15 is 0 Å². The fourth-order valence-corrected chi connectivity index (χ4v) is 1.61. The molecule has 1 heterocycles. The second-order valence-electron chi connectivity index (χ2n) is 4.14. The summed E-state index contributed by atoms with van der Waals surface area (Å²) < 4.78 is 5.34. The van der Waals surface area contributed by atoms with Crippen LogP contribution in [0.15, 0.2) is 12.1 Å².